The SMILES string of the molecule is CC(C)n1c(CC[C@@H](O)C[C@@H](O)CC(=O)O)c(-c2ccc(F)cc2)c(-c2ccc(F)cc2)c1C(=O)NCc1ccc(C(=O)O)cc1.[Na].[Na]. The van der Waals surface area contributed by atoms with Crippen LogP contribution in [0.4, 0.5) is 8.78 Å². The van der Waals surface area contributed by atoms with Crippen molar-refractivity contribution in [3.05, 3.63) is 107 Å². The molecule has 48 heavy (non-hydrogen) atoms. The van der Waals surface area contributed by atoms with Crippen molar-refractivity contribution in [2.45, 2.75) is 64.3 Å². The van der Waals surface area contributed by atoms with Crippen LogP contribution in [0.25, 0.3) is 22.3 Å². The van der Waals surface area contributed by atoms with Crippen LogP contribution in [0.1, 0.15) is 71.3 Å². The number of hydrogen-bond acceptors (Lipinski definition) is 5. The molecule has 0 saturated heterocycles. The number of carbonyl (C=O) groups excluding carboxylic acids is 1. The Bertz CT molecular complexity index is 1690. The fourth-order valence-electron chi connectivity index (χ4n) is 5.55. The number of aliphatic carboxylic acids is 1. The van der Waals surface area contributed by atoms with Gasteiger partial charge in [-0.05, 0) is 86.2 Å². The number of carboxylic acid groups (broad SMARTS) is 2. The fourth-order valence-corrected chi connectivity index (χ4v) is 5.55. The number of nitrogens with one attached hydrogen (secondary N) is 1. The largest absolute Gasteiger partial charge is 0.481 e. The van der Waals surface area contributed by atoms with E-state index >= 15 is 0 Å². The first kappa shape index (κ1) is 41.3. The zero-order valence-corrected chi connectivity index (χ0v) is 31.4. The molecular formula is C35H36F2N2Na2O7. The Balaban J connectivity index is 0.00000400. The molecule has 4 rings (SSSR count). The summed E-state index contributed by atoms with van der Waals surface area (Å²) in [5.74, 6) is -3.68. The van der Waals surface area contributed by atoms with Crippen molar-refractivity contribution in [1.82, 2.24) is 9.88 Å². The van der Waals surface area contributed by atoms with E-state index in [2.05, 4.69) is 5.32 Å². The minimum atomic E-state index is -1.25. The Morgan fingerprint density at radius 1 is 0.771 bits per heavy atom. The topological polar surface area (TPSA) is 149 Å². The van der Waals surface area contributed by atoms with Crippen LogP contribution in [0.2, 0.25) is 0 Å². The summed E-state index contributed by atoms with van der Waals surface area (Å²) >= 11 is 0. The average Bonchev–Trinajstić information content (AvgIpc) is 3.34. The monoisotopic (exact) mass is 680 g/mol. The first-order valence-electron chi connectivity index (χ1n) is 14.8. The molecule has 2 atom stereocenters. The van der Waals surface area contributed by atoms with Gasteiger partial charge < -0.3 is 30.3 Å². The molecular weight excluding hydrogens is 644 g/mol. The fraction of sp³-hybridized carbons (Fsp3) is 0.286. The summed E-state index contributed by atoms with van der Waals surface area (Å²) in [5, 5.41) is 41.9. The summed E-state index contributed by atoms with van der Waals surface area (Å²) in [4.78, 5) is 36.4. The molecule has 1 heterocycles. The van der Waals surface area contributed by atoms with E-state index in [1.165, 1.54) is 36.4 Å². The van der Waals surface area contributed by atoms with E-state index in [1.54, 1.807) is 36.4 Å². The Kier molecular flexibility index (Phi) is 16.2. The predicted molar refractivity (Wildman–Crippen MR) is 179 cm³/mol. The molecule has 244 valence electrons. The first-order chi connectivity index (χ1) is 21.8. The van der Waals surface area contributed by atoms with Gasteiger partial charge in [0.05, 0.1) is 24.2 Å². The van der Waals surface area contributed by atoms with E-state index in [-0.39, 0.29) is 102 Å². The van der Waals surface area contributed by atoms with E-state index < -0.39 is 48.1 Å². The summed E-state index contributed by atoms with van der Waals surface area (Å²) in [6.07, 6.45) is -2.68. The van der Waals surface area contributed by atoms with Gasteiger partial charge in [-0.1, -0.05) is 36.4 Å². The van der Waals surface area contributed by atoms with E-state index in [4.69, 9.17) is 5.11 Å². The number of aromatic nitrogens is 1. The van der Waals surface area contributed by atoms with Crippen molar-refractivity contribution in [1.29, 1.82) is 0 Å². The minimum Gasteiger partial charge on any atom is -0.481 e. The van der Waals surface area contributed by atoms with Crippen LogP contribution < -0.4 is 5.32 Å². The van der Waals surface area contributed by atoms with Gasteiger partial charge in [-0.15, -0.1) is 0 Å². The number of halogens is 2. The van der Waals surface area contributed by atoms with E-state index in [9.17, 15) is 38.5 Å². The quantitative estimate of drug-likeness (QED) is 0.117. The van der Waals surface area contributed by atoms with Crippen LogP contribution in [0.15, 0.2) is 72.8 Å². The maximum Gasteiger partial charge on any atom is 0.335 e. The van der Waals surface area contributed by atoms with Gasteiger partial charge in [-0.25, -0.2) is 13.6 Å². The molecule has 0 unspecified atom stereocenters. The van der Waals surface area contributed by atoms with Crippen LogP contribution in [-0.2, 0) is 17.8 Å². The van der Waals surface area contributed by atoms with Crippen molar-refractivity contribution in [3.63, 3.8) is 0 Å². The van der Waals surface area contributed by atoms with Gasteiger partial charge in [0.25, 0.3) is 5.91 Å². The molecule has 0 aliphatic rings. The van der Waals surface area contributed by atoms with Gasteiger partial charge in [0.1, 0.15) is 17.3 Å². The number of amides is 1. The molecule has 9 nitrogen and oxygen atoms in total. The molecule has 5 N–H and O–H groups in total. The minimum absolute atomic E-state index is 0. The number of carbonyl (C=O) groups is 3. The van der Waals surface area contributed by atoms with E-state index in [0.717, 1.165) is 0 Å². The second-order valence-corrected chi connectivity index (χ2v) is 11.4. The summed E-state index contributed by atoms with van der Waals surface area (Å²) in [5.41, 5.74) is 3.79. The van der Waals surface area contributed by atoms with Crippen molar-refractivity contribution in [2.75, 3.05) is 0 Å². The number of aliphatic hydroxyl groups excluding tert-OH is 2. The second kappa shape index (κ2) is 18.8. The average molecular weight is 681 g/mol. The molecule has 0 aliphatic heterocycles. The molecule has 1 aromatic heterocycles. The van der Waals surface area contributed by atoms with E-state index in [1.807, 2.05) is 18.4 Å². The number of benzene rings is 3. The predicted octanol–water partition coefficient (Wildman–Crippen LogP) is 5.07. The van der Waals surface area contributed by atoms with Crippen LogP contribution in [0, 0.1) is 11.6 Å². The molecule has 0 aliphatic carbocycles. The van der Waals surface area contributed by atoms with Gasteiger partial charge in [0.2, 0.25) is 0 Å². The first-order valence-corrected chi connectivity index (χ1v) is 14.8. The third kappa shape index (κ3) is 10.6. The smallest absolute Gasteiger partial charge is 0.335 e. The summed E-state index contributed by atoms with van der Waals surface area (Å²) < 4.78 is 30.0. The maximum atomic E-state index is 14.1. The summed E-state index contributed by atoms with van der Waals surface area (Å²) in [6, 6.07) is 17.1. The van der Waals surface area contributed by atoms with Crippen molar-refractivity contribution in [3.8, 4) is 22.3 Å². The number of hydrogen-bond donors (Lipinski definition) is 5. The van der Waals surface area contributed by atoms with Gasteiger partial charge in [-0.3, -0.25) is 9.59 Å². The Morgan fingerprint density at radius 2 is 1.29 bits per heavy atom. The molecule has 1 amide bonds. The Hall–Kier alpha value is -2.87. The van der Waals surface area contributed by atoms with Gasteiger partial charge in [-0.2, -0.15) is 0 Å². The molecule has 0 spiro atoms. The van der Waals surface area contributed by atoms with E-state index in [0.29, 0.717) is 33.5 Å². The number of rotatable bonds is 14. The number of aliphatic hydroxyl groups is 2. The van der Waals surface area contributed by atoms with Crippen molar-refractivity contribution in [2.24, 2.45) is 0 Å². The van der Waals surface area contributed by atoms with Gasteiger partial charge in [0.15, 0.2) is 0 Å². The molecule has 0 fully saturated rings. The molecule has 4 aromatic rings. The Labute approximate surface area is 321 Å². The van der Waals surface area contributed by atoms with Gasteiger partial charge >= 0.3 is 11.9 Å². The standard InChI is InChI=1S/C35H36F2N2O7.2Na/c1-20(2)39-29(16-15-27(40)17-28(41)18-30(42)43)31(22-7-11-25(36)12-8-22)32(23-9-13-26(37)14-10-23)33(39)34(44)38-19-21-3-5-24(6-4-21)35(45)46;;/h3-14,20,27-28,40-41H,15-19H2,1-2H3,(H,38,44)(H,42,43)(H,45,46);;/t27-,28-;;/m1../s1. The van der Waals surface area contributed by atoms with Gasteiger partial charge in [0, 0.05) is 88.5 Å². The summed E-state index contributed by atoms with van der Waals surface area (Å²) in [6.45, 7) is 3.83. The van der Waals surface area contributed by atoms with Crippen molar-refractivity contribution < 1.29 is 43.6 Å². The van der Waals surface area contributed by atoms with Crippen LogP contribution >= 0.6 is 0 Å². The van der Waals surface area contributed by atoms with Crippen LogP contribution in [0.3, 0.4) is 0 Å². The maximum absolute atomic E-state index is 14.1. The molecule has 0 bridgehead atoms. The zero-order valence-electron chi connectivity index (χ0n) is 27.4. The van der Waals surface area contributed by atoms with Crippen molar-refractivity contribution >= 4 is 77.0 Å². The number of carboxylic acids is 2. The number of nitrogens with zero attached hydrogens (tertiary/aromatic N) is 1. The van der Waals surface area contributed by atoms with Crippen LogP contribution in [-0.4, -0.2) is 114 Å². The third-order valence-electron chi connectivity index (χ3n) is 7.63. The molecule has 13 heteroatoms. The summed E-state index contributed by atoms with van der Waals surface area (Å²) in [7, 11) is 0. The third-order valence-corrected chi connectivity index (χ3v) is 7.63. The number of aromatic carboxylic acids is 1. The zero-order chi connectivity index (χ0) is 33.5. The Morgan fingerprint density at radius 3 is 1.77 bits per heavy atom. The molecule has 0 saturated carbocycles. The van der Waals surface area contributed by atoms with Crippen LogP contribution in [0.5, 0.6) is 0 Å². The normalized spacial score (nSPS) is 12.1. The second-order valence-electron chi connectivity index (χ2n) is 11.4. The molecule has 3 aromatic carbocycles. The molecule has 2 radical (unpaired) electrons.